The molecule has 1 unspecified atom stereocenters. The molecule has 6 heteroatoms. The van der Waals surface area contributed by atoms with Crippen molar-refractivity contribution in [1.82, 2.24) is 9.13 Å². The third-order valence-corrected chi connectivity index (χ3v) is 3.88. The number of rotatable bonds is 4. The first kappa shape index (κ1) is 14.4. The van der Waals surface area contributed by atoms with Crippen molar-refractivity contribution in [1.29, 1.82) is 0 Å². The second-order valence-electron chi connectivity index (χ2n) is 4.69. The quantitative estimate of drug-likeness (QED) is 0.881. The molecular weight excluding hydrogens is 280 g/mol. The van der Waals surface area contributed by atoms with E-state index in [4.69, 9.17) is 16.7 Å². The lowest BCUT2D eigenvalue weighted by molar-refractivity contribution is -0.138. The molecule has 0 radical (unpaired) electrons. The molecule has 0 aromatic carbocycles. The van der Waals surface area contributed by atoms with Gasteiger partial charge in [-0.05, 0) is 31.2 Å². The summed E-state index contributed by atoms with van der Waals surface area (Å²) in [6, 6.07) is 6.60. The topological polar surface area (TPSA) is 64.2 Å². The molecule has 0 aliphatic rings. The predicted molar refractivity (Wildman–Crippen MR) is 75.3 cm³/mol. The van der Waals surface area contributed by atoms with E-state index in [0.29, 0.717) is 22.2 Å². The van der Waals surface area contributed by atoms with E-state index < -0.39 is 11.9 Å². The summed E-state index contributed by atoms with van der Waals surface area (Å²) in [6.45, 7) is 1.59. The van der Waals surface area contributed by atoms with Crippen LogP contribution in [0.5, 0.6) is 0 Å². The van der Waals surface area contributed by atoms with Crippen molar-refractivity contribution in [3.63, 3.8) is 0 Å². The highest BCUT2D eigenvalue weighted by Crippen LogP contribution is 2.21. The molecule has 106 valence electrons. The number of nitrogens with zero attached hydrogens (tertiary/aromatic N) is 2. The van der Waals surface area contributed by atoms with Crippen LogP contribution in [0.4, 0.5) is 0 Å². The number of carboxylic acid groups (broad SMARTS) is 1. The summed E-state index contributed by atoms with van der Waals surface area (Å²) in [5, 5.41) is 9.53. The largest absolute Gasteiger partial charge is 0.481 e. The molecule has 2 aromatic rings. The fraction of sp³-hybridized carbons (Fsp3) is 0.286. The van der Waals surface area contributed by atoms with E-state index in [1.54, 1.807) is 54.4 Å². The van der Waals surface area contributed by atoms with Gasteiger partial charge in [-0.1, -0.05) is 11.6 Å². The first-order valence-electron chi connectivity index (χ1n) is 6.09. The molecule has 0 saturated heterocycles. The van der Waals surface area contributed by atoms with Crippen LogP contribution in [-0.2, 0) is 18.9 Å². The van der Waals surface area contributed by atoms with Gasteiger partial charge in [0.1, 0.15) is 5.15 Å². The SMILES string of the molecule is CC(C(=O)O)c1ccc(C(=O)c2ccc(Cl)n2C)n1C. The molecule has 0 aliphatic carbocycles. The van der Waals surface area contributed by atoms with E-state index in [9.17, 15) is 9.59 Å². The summed E-state index contributed by atoms with van der Waals surface area (Å²) in [4.78, 5) is 23.5. The van der Waals surface area contributed by atoms with Crippen LogP contribution in [0, 0.1) is 0 Å². The van der Waals surface area contributed by atoms with Crippen LogP contribution in [0.1, 0.15) is 34.7 Å². The molecule has 20 heavy (non-hydrogen) atoms. The highest BCUT2D eigenvalue weighted by atomic mass is 35.5. The Morgan fingerprint density at radius 1 is 1.10 bits per heavy atom. The highest BCUT2D eigenvalue weighted by molar-refractivity contribution is 6.30. The van der Waals surface area contributed by atoms with Crippen molar-refractivity contribution in [3.8, 4) is 0 Å². The molecule has 2 rings (SSSR count). The lowest BCUT2D eigenvalue weighted by atomic mass is 10.1. The summed E-state index contributed by atoms with van der Waals surface area (Å²) in [7, 11) is 3.39. The minimum Gasteiger partial charge on any atom is -0.481 e. The van der Waals surface area contributed by atoms with Gasteiger partial charge in [0.05, 0.1) is 17.3 Å². The minimum absolute atomic E-state index is 0.189. The molecule has 5 nitrogen and oxygen atoms in total. The van der Waals surface area contributed by atoms with Crippen LogP contribution in [0.2, 0.25) is 5.15 Å². The van der Waals surface area contributed by atoms with Crippen LogP contribution in [0.15, 0.2) is 24.3 Å². The number of aromatic nitrogens is 2. The zero-order valence-electron chi connectivity index (χ0n) is 11.4. The summed E-state index contributed by atoms with van der Waals surface area (Å²) >= 11 is 5.92. The third-order valence-electron chi connectivity index (χ3n) is 3.50. The van der Waals surface area contributed by atoms with Gasteiger partial charge >= 0.3 is 5.97 Å². The zero-order chi connectivity index (χ0) is 15.0. The molecule has 2 heterocycles. The fourth-order valence-corrected chi connectivity index (χ4v) is 2.32. The van der Waals surface area contributed by atoms with Crippen molar-refractivity contribution in [3.05, 3.63) is 46.5 Å². The summed E-state index contributed by atoms with van der Waals surface area (Å²) in [5.41, 5.74) is 1.48. The Morgan fingerprint density at radius 2 is 1.65 bits per heavy atom. The molecule has 2 aromatic heterocycles. The van der Waals surface area contributed by atoms with Gasteiger partial charge in [-0.25, -0.2) is 0 Å². The molecule has 0 amide bonds. The number of aliphatic carboxylic acids is 1. The van der Waals surface area contributed by atoms with Gasteiger partial charge in [0.2, 0.25) is 5.78 Å². The summed E-state index contributed by atoms with van der Waals surface area (Å²) in [6.07, 6.45) is 0. The standard InChI is InChI=1S/C14H15ClN2O3/c1-8(14(19)20)9-4-5-10(16(9)2)13(18)11-6-7-12(15)17(11)3/h4-8H,1-3H3,(H,19,20). The molecule has 0 spiro atoms. The van der Waals surface area contributed by atoms with Crippen LogP contribution in [-0.4, -0.2) is 26.0 Å². The maximum atomic E-state index is 12.5. The van der Waals surface area contributed by atoms with Gasteiger partial charge in [-0.3, -0.25) is 9.59 Å². The third kappa shape index (κ3) is 2.25. The summed E-state index contributed by atoms with van der Waals surface area (Å²) < 4.78 is 3.21. The first-order valence-corrected chi connectivity index (χ1v) is 6.46. The lowest BCUT2D eigenvalue weighted by Gasteiger charge is -2.10. The molecule has 0 saturated carbocycles. The van der Waals surface area contributed by atoms with Crippen LogP contribution < -0.4 is 0 Å². The van der Waals surface area contributed by atoms with E-state index in [2.05, 4.69) is 0 Å². The summed E-state index contributed by atoms with van der Waals surface area (Å²) in [5.74, 6) is -1.78. The predicted octanol–water partition coefficient (Wildman–Crippen LogP) is 2.44. The van der Waals surface area contributed by atoms with Gasteiger partial charge in [-0.2, -0.15) is 0 Å². The lowest BCUT2D eigenvalue weighted by Crippen LogP contribution is -2.16. The monoisotopic (exact) mass is 294 g/mol. The minimum atomic E-state index is -0.924. The molecule has 0 aliphatic heterocycles. The number of carbonyl (C=O) groups excluding carboxylic acids is 1. The Balaban J connectivity index is 2.42. The van der Waals surface area contributed by atoms with Gasteiger partial charge in [0, 0.05) is 19.8 Å². The number of ketones is 1. The Bertz CT molecular complexity index is 685. The number of hydrogen-bond acceptors (Lipinski definition) is 2. The van der Waals surface area contributed by atoms with Crippen LogP contribution >= 0.6 is 11.6 Å². The van der Waals surface area contributed by atoms with Gasteiger partial charge in [-0.15, -0.1) is 0 Å². The Kier molecular flexibility index (Phi) is 3.72. The smallest absolute Gasteiger partial charge is 0.312 e. The average Bonchev–Trinajstić information content (AvgIpc) is 2.93. The van der Waals surface area contributed by atoms with Crippen molar-refractivity contribution >= 4 is 23.4 Å². The molecule has 0 bridgehead atoms. The second-order valence-corrected chi connectivity index (χ2v) is 5.08. The highest BCUT2D eigenvalue weighted by Gasteiger charge is 2.22. The molecule has 0 fully saturated rings. The molecular formula is C14H15ClN2O3. The zero-order valence-corrected chi connectivity index (χ0v) is 12.2. The van der Waals surface area contributed by atoms with Crippen LogP contribution in [0.25, 0.3) is 0 Å². The maximum absolute atomic E-state index is 12.5. The van der Waals surface area contributed by atoms with Gasteiger partial charge in [0.15, 0.2) is 0 Å². The van der Waals surface area contributed by atoms with Crippen molar-refractivity contribution in [2.24, 2.45) is 14.1 Å². The Labute approximate surface area is 121 Å². The van der Waals surface area contributed by atoms with E-state index >= 15 is 0 Å². The second kappa shape index (κ2) is 5.17. The molecule has 1 N–H and O–H groups in total. The Hall–Kier alpha value is -2.01. The number of halogens is 1. The Morgan fingerprint density at radius 3 is 2.15 bits per heavy atom. The normalized spacial score (nSPS) is 12.4. The van der Waals surface area contributed by atoms with E-state index in [1.165, 1.54) is 0 Å². The van der Waals surface area contributed by atoms with E-state index in [0.717, 1.165) is 0 Å². The number of carboxylic acids is 1. The first-order chi connectivity index (χ1) is 9.34. The van der Waals surface area contributed by atoms with Crippen LogP contribution in [0.3, 0.4) is 0 Å². The average molecular weight is 295 g/mol. The molecule has 1 atom stereocenters. The van der Waals surface area contributed by atoms with E-state index in [-0.39, 0.29) is 5.78 Å². The number of hydrogen-bond donors (Lipinski definition) is 1. The van der Waals surface area contributed by atoms with Gasteiger partial charge in [0.25, 0.3) is 0 Å². The van der Waals surface area contributed by atoms with Crippen molar-refractivity contribution in [2.75, 3.05) is 0 Å². The fourth-order valence-electron chi connectivity index (χ4n) is 2.16. The number of carbonyl (C=O) groups is 2. The maximum Gasteiger partial charge on any atom is 0.312 e. The van der Waals surface area contributed by atoms with E-state index in [1.807, 2.05) is 0 Å². The van der Waals surface area contributed by atoms with Crippen molar-refractivity contribution < 1.29 is 14.7 Å². The van der Waals surface area contributed by atoms with Crippen molar-refractivity contribution in [2.45, 2.75) is 12.8 Å². The van der Waals surface area contributed by atoms with Gasteiger partial charge < -0.3 is 14.2 Å².